The Balaban J connectivity index is 0.000000188. The molecular formula is C34H50N6O6S2. The zero-order valence-electron chi connectivity index (χ0n) is 28.0. The average molecular weight is 703 g/mol. The molecule has 6 rings (SSSR count). The van der Waals surface area contributed by atoms with Gasteiger partial charge in [0.25, 0.3) is 11.8 Å². The number of carbonyl (C=O) groups is 4. The number of nitrogens with one attached hydrogen (secondary N) is 4. The zero-order valence-corrected chi connectivity index (χ0v) is 29.6. The second kappa shape index (κ2) is 18.0. The number of amides is 4. The van der Waals surface area contributed by atoms with Crippen molar-refractivity contribution >= 4 is 46.7 Å². The van der Waals surface area contributed by atoms with Crippen molar-refractivity contribution in [2.24, 2.45) is 0 Å². The van der Waals surface area contributed by atoms with E-state index in [1.165, 1.54) is 22.7 Å². The second-order valence-corrected chi connectivity index (χ2v) is 14.6. The normalized spacial score (nSPS) is 25.5. The van der Waals surface area contributed by atoms with Crippen molar-refractivity contribution in [3.8, 4) is 0 Å². The predicted octanol–water partition coefficient (Wildman–Crippen LogP) is 4.44. The van der Waals surface area contributed by atoms with E-state index in [1.807, 2.05) is 58.7 Å². The Morgan fingerprint density at radius 3 is 1.33 bits per heavy atom. The van der Waals surface area contributed by atoms with Gasteiger partial charge < -0.3 is 40.5 Å². The Labute approximate surface area is 291 Å². The number of hydrogen-bond acceptors (Lipinski definition) is 10. The molecule has 14 heteroatoms. The van der Waals surface area contributed by atoms with Gasteiger partial charge in [0.15, 0.2) is 0 Å². The van der Waals surface area contributed by atoms with Crippen molar-refractivity contribution in [1.82, 2.24) is 31.1 Å². The fourth-order valence-electron chi connectivity index (χ4n) is 7.57. The van der Waals surface area contributed by atoms with Crippen LogP contribution in [0.3, 0.4) is 0 Å². The number of thiophene rings is 2. The van der Waals surface area contributed by atoms with Gasteiger partial charge >= 0.3 is 12.2 Å². The standard InChI is InChI=1S/2C17H25N3O3S/c2*1-2-23-17(22)20-13-5-6-14(20)11-12(10-13)18-7-8-19-16(21)15-4-3-9-24-15/h2*3-4,9,12-14,18H,2,5-8,10-11H2,1H3,(H,19,21). The van der Waals surface area contributed by atoms with Crippen LogP contribution in [0.4, 0.5) is 9.59 Å². The summed E-state index contributed by atoms with van der Waals surface area (Å²) >= 11 is 2.90. The largest absolute Gasteiger partial charge is 0.450 e. The molecule has 0 radical (unpaired) electrons. The summed E-state index contributed by atoms with van der Waals surface area (Å²) < 4.78 is 10.4. The van der Waals surface area contributed by atoms with Crippen LogP contribution < -0.4 is 21.3 Å². The number of piperidine rings is 2. The molecule has 0 spiro atoms. The van der Waals surface area contributed by atoms with Gasteiger partial charge in [-0.15, -0.1) is 22.7 Å². The molecule has 4 fully saturated rings. The molecule has 6 heterocycles. The number of fused-ring (bicyclic) bond motifs is 4. The van der Waals surface area contributed by atoms with Gasteiger partial charge in [-0.1, -0.05) is 12.1 Å². The summed E-state index contributed by atoms with van der Waals surface area (Å²) in [5.74, 6) is -0.0204. The number of rotatable bonds is 12. The van der Waals surface area contributed by atoms with Crippen LogP contribution in [-0.4, -0.2) is 109 Å². The van der Waals surface area contributed by atoms with Crippen LogP contribution in [0.2, 0.25) is 0 Å². The summed E-state index contributed by atoms with van der Waals surface area (Å²) in [5.41, 5.74) is 0. The van der Waals surface area contributed by atoms with Crippen molar-refractivity contribution in [2.75, 3.05) is 39.4 Å². The number of carbonyl (C=O) groups excluding carboxylic acids is 4. The number of nitrogens with zero attached hydrogens (tertiary/aromatic N) is 2. The molecule has 4 bridgehead atoms. The molecule has 0 saturated carbocycles. The fourth-order valence-corrected chi connectivity index (χ4v) is 8.85. The average Bonchev–Trinajstić information content (AvgIpc) is 3.89. The first kappa shape index (κ1) is 36.1. The van der Waals surface area contributed by atoms with E-state index in [4.69, 9.17) is 9.47 Å². The molecule has 48 heavy (non-hydrogen) atoms. The summed E-state index contributed by atoms with van der Waals surface area (Å²) in [5, 5.41) is 16.7. The van der Waals surface area contributed by atoms with E-state index in [0.29, 0.717) is 62.6 Å². The molecule has 0 aromatic carbocycles. The Bertz CT molecular complexity index is 1200. The summed E-state index contributed by atoms with van der Waals surface area (Å²) in [6.45, 7) is 7.29. The van der Waals surface area contributed by atoms with Gasteiger partial charge in [-0.05, 0) is 88.1 Å². The highest BCUT2D eigenvalue weighted by Gasteiger charge is 2.44. The third-order valence-corrected chi connectivity index (χ3v) is 11.3. The third kappa shape index (κ3) is 9.48. The van der Waals surface area contributed by atoms with Crippen LogP contribution >= 0.6 is 22.7 Å². The summed E-state index contributed by atoms with van der Waals surface area (Å²) in [6, 6.07) is 9.41. The van der Waals surface area contributed by atoms with E-state index in [1.54, 1.807) is 0 Å². The van der Waals surface area contributed by atoms with Gasteiger partial charge in [-0.3, -0.25) is 9.59 Å². The third-order valence-electron chi connectivity index (χ3n) is 9.60. The van der Waals surface area contributed by atoms with Crippen LogP contribution in [-0.2, 0) is 9.47 Å². The Hall–Kier alpha value is -3.20. The van der Waals surface area contributed by atoms with Crippen LogP contribution in [0.5, 0.6) is 0 Å². The molecule has 4 amide bonds. The maximum absolute atomic E-state index is 12.1. The van der Waals surface area contributed by atoms with Crippen LogP contribution in [0.1, 0.15) is 84.6 Å². The van der Waals surface area contributed by atoms with E-state index in [9.17, 15) is 19.2 Å². The quantitative estimate of drug-likeness (QED) is 0.238. The molecule has 4 N–H and O–H groups in total. The lowest BCUT2D eigenvalue weighted by atomic mass is 9.98. The molecule has 0 aliphatic carbocycles. The first-order valence-electron chi connectivity index (χ1n) is 17.4. The topological polar surface area (TPSA) is 141 Å². The zero-order chi connectivity index (χ0) is 33.9. The van der Waals surface area contributed by atoms with E-state index in [2.05, 4.69) is 21.3 Å². The van der Waals surface area contributed by atoms with Gasteiger partial charge in [0.05, 0.1) is 23.0 Å². The lowest BCUT2D eigenvalue weighted by Crippen LogP contribution is -2.52. The minimum atomic E-state index is -0.160. The molecule has 264 valence electrons. The molecule has 4 aliphatic heterocycles. The van der Waals surface area contributed by atoms with E-state index in [-0.39, 0.29) is 24.0 Å². The van der Waals surface area contributed by atoms with Gasteiger partial charge in [0.2, 0.25) is 0 Å². The molecule has 2 aromatic heterocycles. The van der Waals surface area contributed by atoms with Crippen molar-refractivity contribution in [1.29, 1.82) is 0 Å². The maximum Gasteiger partial charge on any atom is 0.410 e. The van der Waals surface area contributed by atoms with E-state index < -0.39 is 0 Å². The first-order chi connectivity index (χ1) is 23.4. The Morgan fingerprint density at radius 2 is 1.02 bits per heavy atom. The molecule has 4 atom stereocenters. The van der Waals surface area contributed by atoms with Gasteiger partial charge in [0.1, 0.15) is 0 Å². The Kier molecular flexibility index (Phi) is 13.5. The lowest BCUT2D eigenvalue weighted by molar-refractivity contribution is 0.0652. The van der Waals surface area contributed by atoms with E-state index >= 15 is 0 Å². The summed E-state index contributed by atoms with van der Waals surface area (Å²) in [4.78, 5) is 53.2. The van der Waals surface area contributed by atoms with Gasteiger partial charge in [-0.25, -0.2) is 9.59 Å². The van der Waals surface area contributed by atoms with Crippen molar-refractivity contribution in [3.05, 3.63) is 44.8 Å². The molecule has 12 nitrogen and oxygen atoms in total. The van der Waals surface area contributed by atoms with Crippen molar-refractivity contribution in [3.63, 3.8) is 0 Å². The maximum atomic E-state index is 12.1. The van der Waals surface area contributed by atoms with E-state index in [0.717, 1.165) is 74.2 Å². The van der Waals surface area contributed by atoms with Crippen molar-refractivity contribution in [2.45, 2.75) is 101 Å². The fraction of sp³-hybridized carbons (Fsp3) is 0.647. The van der Waals surface area contributed by atoms with Crippen LogP contribution in [0, 0.1) is 0 Å². The predicted molar refractivity (Wildman–Crippen MR) is 187 cm³/mol. The highest BCUT2D eigenvalue weighted by molar-refractivity contribution is 7.12. The SMILES string of the molecule is CCOC(=O)N1C2CCC1CC(NCCNC(=O)c1cccs1)C2.CCOC(=O)N1C2CCC1CC(NCCNC(=O)c1cccs1)C2. The van der Waals surface area contributed by atoms with Gasteiger partial charge in [0, 0.05) is 62.4 Å². The highest BCUT2D eigenvalue weighted by atomic mass is 32.1. The second-order valence-electron chi connectivity index (χ2n) is 12.7. The van der Waals surface area contributed by atoms with Crippen molar-refractivity contribution < 1.29 is 28.7 Å². The Morgan fingerprint density at radius 1 is 0.646 bits per heavy atom. The molecule has 2 aromatic rings. The van der Waals surface area contributed by atoms with Crippen LogP contribution in [0.15, 0.2) is 35.0 Å². The molecule has 4 unspecified atom stereocenters. The monoisotopic (exact) mass is 702 g/mol. The smallest absolute Gasteiger partial charge is 0.410 e. The highest BCUT2D eigenvalue weighted by Crippen LogP contribution is 2.37. The summed E-state index contributed by atoms with van der Waals surface area (Å²) in [7, 11) is 0. The number of hydrogen-bond donors (Lipinski definition) is 4. The minimum Gasteiger partial charge on any atom is -0.450 e. The van der Waals surface area contributed by atoms with Gasteiger partial charge in [-0.2, -0.15) is 0 Å². The first-order valence-corrected chi connectivity index (χ1v) is 19.1. The molecule has 4 saturated heterocycles. The summed E-state index contributed by atoms with van der Waals surface area (Å²) in [6.07, 6.45) is 7.81. The molecular weight excluding hydrogens is 653 g/mol. The number of ether oxygens (including phenoxy) is 2. The van der Waals surface area contributed by atoms with Crippen LogP contribution in [0.25, 0.3) is 0 Å². The minimum absolute atomic E-state index is 0.0102. The molecule has 4 aliphatic rings. The lowest BCUT2D eigenvalue weighted by Gasteiger charge is -2.38.